The molecule has 6 heteroatoms. The number of hydrogen-bond acceptors (Lipinski definition) is 6. The van der Waals surface area contributed by atoms with Crippen LogP contribution in [0.2, 0.25) is 0 Å². The zero-order valence-corrected chi connectivity index (χ0v) is 16.6. The minimum atomic E-state index is -2.16. The Labute approximate surface area is 169 Å². The van der Waals surface area contributed by atoms with Gasteiger partial charge in [-0.2, -0.15) is 0 Å². The van der Waals surface area contributed by atoms with E-state index in [0.29, 0.717) is 37.2 Å². The number of benzene rings is 2. The summed E-state index contributed by atoms with van der Waals surface area (Å²) in [7, 11) is 0. The van der Waals surface area contributed by atoms with Crippen LogP contribution >= 0.6 is 0 Å². The number of hydrogen-bond donors (Lipinski definition) is 3. The Morgan fingerprint density at radius 2 is 1.76 bits per heavy atom. The van der Waals surface area contributed by atoms with Crippen LogP contribution in [-0.4, -0.2) is 40.3 Å². The van der Waals surface area contributed by atoms with Gasteiger partial charge in [-0.05, 0) is 48.6 Å². The van der Waals surface area contributed by atoms with Gasteiger partial charge in [0.25, 0.3) is 5.79 Å². The van der Waals surface area contributed by atoms with Crippen LogP contribution in [0, 0.1) is 0 Å². The summed E-state index contributed by atoms with van der Waals surface area (Å²) < 4.78 is 5.85. The number of rotatable bonds is 2. The van der Waals surface area contributed by atoms with Crippen molar-refractivity contribution in [1.82, 2.24) is 0 Å². The summed E-state index contributed by atoms with van der Waals surface area (Å²) in [5.41, 5.74) is 0.549. The second-order valence-electron chi connectivity index (χ2n) is 8.64. The molecule has 0 amide bonds. The number of anilines is 1. The van der Waals surface area contributed by atoms with E-state index >= 15 is 0 Å². The van der Waals surface area contributed by atoms with Gasteiger partial charge in [-0.3, -0.25) is 4.79 Å². The minimum absolute atomic E-state index is 0.252. The van der Waals surface area contributed by atoms with Gasteiger partial charge < -0.3 is 25.0 Å². The Morgan fingerprint density at radius 3 is 2.45 bits per heavy atom. The molecular weight excluding hydrogens is 370 g/mol. The third kappa shape index (κ3) is 2.37. The van der Waals surface area contributed by atoms with Crippen LogP contribution in [-0.2, 0) is 11.4 Å². The molecule has 2 aromatic carbocycles. The third-order valence-electron chi connectivity index (χ3n) is 6.58. The molecule has 0 saturated carbocycles. The Balaban J connectivity index is 1.57. The molecule has 1 aliphatic carbocycles. The zero-order chi connectivity index (χ0) is 20.6. The van der Waals surface area contributed by atoms with Crippen molar-refractivity contribution in [2.45, 2.75) is 50.1 Å². The molecule has 3 aliphatic rings. The van der Waals surface area contributed by atoms with E-state index in [1.165, 1.54) is 0 Å². The van der Waals surface area contributed by atoms with Crippen LogP contribution in [0.4, 0.5) is 5.69 Å². The summed E-state index contributed by atoms with van der Waals surface area (Å²) in [6.45, 7) is 5.48. The van der Waals surface area contributed by atoms with Gasteiger partial charge in [0, 0.05) is 35.5 Å². The van der Waals surface area contributed by atoms with Crippen molar-refractivity contribution in [3.8, 4) is 5.75 Å². The molecule has 1 saturated heterocycles. The Hall–Kier alpha value is -2.41. The molecule has 2 aromatic rings. The fourth-order valence-electron chi connectivity index (χ4n) is 4.75. The lowest BCUT2D eigenvalue weighted by Crippen LogP contribution is -2.48. The van der Waals surface area contributed by atoms with E-state index in [4.69, 9.17) is 4.74 Å². The van der Waals surface area contributed by atoms with Crippen molar-refractivity contribution in [3.63, 3.8) is 0 Å². The lowest BCUT2D eigenvalue weighted by Gasteiger charge is -2.32. The van der Waals surface area contributed by atoms with E-state index in [0.717, 1.165) is 11.3 Å². The number of Topliss-reactive ketones (excluding diaryl/α,β-unsaturated/α-hetero) is 1. The topological polar surface area (TPSA) is 90.2 Å². The normalized spacial score (nSPS) is 28.3. The highest BCUT2D eigenvalue weighted by Gasteiger charge is 2.70. The second-order valence-corrected chi connectivity index (χ2v) is 8.64. The second kappa shape index (κ2) is 6.05. The lowest BCUT2D eigenvalue weighted by atomic mass is 9.86. The number of aliphatic hydroxyl groups is 3. The Bertz CT molecular complexity index is 1010. The molecule has 2 atom stereocenters. The molecule has 2 heterocycles. The number of ketones is 1. The van der Waals surface area contributed by atoms with Crippen LogP contribution in [0.1, 0.15) is 59.7 Å². The Morgan fingerprint density at radius 1 is 1.07 bits per heavy atom. The summed E-state index contributed by atoms with van der Waals surface area (Å²) >= 11 is 0. The fraction of sp³-hybridized carbons (Fsp3) is 0.435. The largest absolute Gasteiger partial charge is 0.454 e. The monoisotopic (exact) mass is 395 g/mol. The number of ether oxygens (including phenoxy) is 1. The van der Waals surface area contributed by atoms with Gasteiger partial charge in [-0.15, -0.1) is 0 Å². The molecule has 0 bridgehead atoms. The summed E-state index contributed by atoms with van der Waals surface area (Å²) in [5.74, 6) is -2.09. The minimum Gasteiger partial charge on any atom is -0.454 e. The van der Waals surface area contributed by atoms with E-state index in [9.17, 15) is 20.1 Å². The molecule has 1 fully saturated rings. The van der Waals surface area contributed by atoms with Crippen molar-refractivity contribution in [2.75, 3.05) is 18.0 Å². The van der Waals surface area contributed by atoms with Crippen LogP contribution in [0.5, 0.6) is 5.75 Å². The first-order valence-corrected chi connectivity index (χ1v) is 10.2. The van der Waals surface area contributed by atoms with Gasteiger partial charge in [0.05, 0.1) is 6.10 Å². The number of aliphatic hydroxyl groups excluding tert-OH is 1. The number of carbonyl (C=O) groups excluding carboxylic acids is 1. The van der Waals surface area contributed by atoms with Crippen LogP contribution < -0.4 is 9.64 Å². The quantitative estimate of drug-likeness (QED) is 0.724. The van der Waals surface area contributed by atoms with E-state index in [1.54, 1.807) is 24.3 Å². The summed E-state index contributed by atoms with van der Waals surface area (Å²) in [6.07, 6.45) is 1.06. The number of piperidine rings is 1. The highest BCUT2D eigenvalue weighted by molar-refractivity contribution is 6.10. The van der Waals surface area contributed by atoms with Crippen LogP contribution in [0.15, 0.2) is 36.4 Å². The van der Waals surface area contributed by atoms with Crippen molar-refractivity contribution in [1.29, 1.82) is 0 Å². The number of nitrogens with zero attached hydrogens (tertiary/aromatic N) is 1. The molecule has 0 aromatic heterocycles. The first-order valence-electron chi connectivity index (χ1n) is 10.2. The molecule has 0 radical (unpaired) electrons. The number of fused-ring (bicyclic) bond motifs is 5. The molecule has 2 aliphatic heterocycles. The molecular formula is C23H25NO5. The van der Waals surface area contributed by atoms with Gasteiger partial charge in [0.15, 0.2) is 0 Å². The lowest BCUT2D eigenvalue weighted by molar-refractivity contribution is -0.224. The fourth-order valence-corrected chi connectivity index (χ4v) is 4.75. The van der Waals surface area contributed by atoms with E-state index in [1.807, 2.05) is 26.0 Å². The summed E-state index contributed by atoms with van der Waals surface area (Å²) in [6, 6.07) is 10.5. The first-order chi connectivity index (χ1) is 13.8. The van der Waals surface area contributed by atoms with Gasteiger partial charge in [-0.1, -0.05) is 26.0 Å². The van der Waals surface area contributed by atoms with E-state index in [2.05, 4.69) is 4.90 Å². The predicted octanol–water partition coefficient (Wildman–Crippen LogP) is 2.39. The third-order valence-corrected chi connectivity index (χ3v) is 6.58. The SMILES string of the molecule is CC(C)c1ccc2c(c1)OC1(O)c3ccc(N4CCC(O)CC4)cc3C(=O)C21O. The van der Waals surface area contributed by atoms with Crippen molar-refractivity contribution in [3.05, 3.63) is 58.7 Å². The molecule has 5 rings (SSSR count). The molecule has 0 spiro atoms. The number of carbonyl (C=O) groups is 1. The molecule has 3 N–H and O–H groups in total. The Kier molecular flexibility index (Phi) is 3.88. The smallest absolute Gasteiger partial charge is 0.276 e. The van der Waals surface area contributed by atoms with Crippen molar-refractivity contribution < 1.29 is 24.9 Å². The maximum absolute atomic E-state index is 13.3. The van der Waals surface area contributed by atoms with Gasteiger partial charge in [0.2, 0.25) is 11.4 Å². The van der Waals surface area contributed by atoms with Gasteiger partial charge >= 0.3 is 0 Å². The molecule has 29 heavy (non-hydrogen) atoms. The molecule has 2 unspecified atom stereocenters. The van der Waals surface area contributed by atoms with Crippen LogP contribution in [0.3, 0.4) is 0 Å². The van der Waals surface area contributed by atoms with Crippen LogP contribution in [0.25, 0.3) is 0 Å². The highest BCUT2D eigenvalue weighted by atomic mass is 16.7. The summed E-state index contributed by atoms with van der Waals surface area (Å²) in [4.78, 5) is 15.4. The zero-order valence-electron chi connectivity index (χ0n) is 16.6. The van der Waals surface area contributed by atoms with Crippen molar-refractivity contribution in [2.24, 2.45) is 0 Å². The summed E-state index contributed by atoms with van der Waals surface area (Å²) in [5, 5.41) is 32.5. The molecule has 152 valence electrons. The van der Waals surface area contributed by atoms with E-state index < -0.39 is 17.2 Å². The maximum atomic E-state index is 13.3. The standard InChI is InChI=1S/C23H25NO5/c1-13(2)14-3-5-19-20(11-14)29-23(28)18-6-4-15(24-9-7-16(25)8-10-24)12-17(18)21(26)22(19,23)27/h3-6,11-13,16,25,27-28H,7-10H2,1-2H3. The van der Waals surface area contributed by atoms with Gasteiger partial charge in [0.1, 0.15) is 5.75 Å². The van der Waals surface area contributed by atoms with Crippen molar-refractivity contribution >= 4 is 11.5 Å². The first kappa shape index (κ1) is 18.6. The average Bonchev–Trinajstić information content (AvgIpc) is 3.04. The highest BCUT2D eigenvalue weighted by Crippen LogP contribution is 2.58. The van der Waals surface area contributed by atoms with Gasteiger partial charge in [-0.25, -0.2) is 0 Å². The predicted molar refractivity (Wildman–Crippen MR) is 107 cm³/mol. The van der Waals surface area contributed by atoms with E-state index in [-0.39, 0.29) is 23.1 Å². The molecule has 6 nitrogen and oxygen atoms in total. The average molecular weight is 395 g/mol. The maximum Gasteiger partial charge on any atom is 0.276 e.